The molecule has 0 bridgehead atoms. The summed E-state index contributed by atoms with van der Waals surface area (Å²) in [5.74, 6) is 0.879. The van der Waals surface area contributed by atoms with E-state index < -0.39 is 10.0 Å². The third-order valence-corrected chi connectivity index (χ3v) is 7.83. The van der Waals surface area contributed by atoms with Crippen LogP contribution in [-0.4, -0.2) is 54.0 Å². The third kappa shape index (κ3) is 3.77. The number of thiazole rings is 1. The lowest BCUT2D eigenvalue weighted by Crippen LogP contribution is -2.40. The van der Waals surface area contributed by atoms with Crippen molar-refractivity contribution in [1.29, 1.82) is 0 Å². The molecule has 2 aromatic heterocycles. The first-order valence-corrected chi connectivity index (χ1v) is 12.0. The van der Waals surface area contributed by atoms with Gasteiger partial charge in [0, 0.05) is 24.0 Å². The highest BCUT2D eigenvalue weighted by atomic mass is 32.2. The summed E-state index contributed by atoms with van der Waals surface area (Å²) in [5.41, 5.74) is 3.69. The number of H-pyrrole nitrogens is 1. The number of morpholine rings is 1. The first-order chi connectivity index (χ1) is 14.6. The highest BCUT2D eigenvalue weighted by Gasteiger charge is 2.26. The maximum Gasteiger partial charge on any atom is 0.243 e. The zero-order valence-corrected chi connectivity index (χ0v) is 17.7. The van der Waals surface area contributed by atoms with Crippen molar-refractivity contribution >= 4 is 32.4 Å². The fraction of sp³-hybridized carbons (Fsp3) is 0.238. The average molecular weight is 441 g/mol. The summed E-state index contributed by atoms with van der Waals surface area (Å²) in [6.45, 7) is 1.65. The van der Waals surface area contributed by atoms with E-state index in [0.29, 0.717) is 37.6 Å². The van der Waals surface area contributed by atoms with Gasteiger partial charge >= 0.3 is 0 Å². The molecule has 0 atom stereocenters. The predicted octanol–water partition coefficient (Wildman–Crippen LogP) is 3.30. The number of ether oxygens (including phenoxy) is 1. The molecular formula is C21H20N4O3S2. The normalized spacial score (nSPS) is 15.6. The number of benzene rings is 2. The minimum absolute atomic E-state index is 0.297. The summed E-state index contributed by atoms with van der Waals surface area (Å²) in [6, 6.07) is 14.9. The van der Waals surface area contributed by atoms with Crippen LogP contribution in [0.25, 0.3) is 22.3 Å². The molecule has 3 heterocycles. The van der Waals surface area contributed by atoms with Gasteiger partial charge in [0.05, 0.1) is 41.3 Å². The van der Waals surface area contributed by atoms with Crippen LogP contribution in [0, 0.1) is 0 Å². The van der Waals surface area contributed by atoms with Gasteiger partial charge in [-0.1, -0.05) is 24.3 Å². The van der Waals surface area contributed by atoms with E-state index in [1.807, 2.05) is 41.8 Å². The molecule has 30 heavy (non-hydrogen) atoms. The van der Waals surface area contributed by atoms with E-state index >= 15 is 0 Å². The van der Waals surface area contributed by atoms with Crippen LogP contribution in [0.15, 0.2) is 58.8 Å². The van der Waals surface area contributed by atoms with Crippen LogP contribution in [0.2, 0.25) is 0 Å². The van der Waals surface area contributed by atoms with Gasteiger partial charge in [-0.25, -0.2) is 18.4 Å². The predicted molar refractivity (Wildman–Crippen MR) is 116 cm³/mol. The molecule has 0 aliphatic carbocycles. The van der Waals surface area contributed by atoms with Crippen molar-refractivity contribution in [3.63, 3.8) is 0 Å². The maximum absolute atomic E-state index is 12.8. The van der Waals surface area contributed by atoms with Crippen molar-refractivity contribution in [2.45, 2.75) is 11.3 Å². The SMILES string of the molecule is O=S(=O)(c1ccc(-c2csc(Cc3nc4ccccc4[nH]3)n2)cc1)N1CCOCC1. The Kier molecular flexibility index (Phi) is 5.11. The number of rotatable bonds is 5. The van der Waals surface area contributed by atoms with Crippen molar-refractivity contribution < 1.29 is 13.2 Å². The molecule has 0 spiro atoms. The van der Waals surface area contributed by atoms with E-state index in [1.165, 1.54) is 4.31 Å². The summed E-state index contributed by atoms with van der Waals surface area (Å²) in [4.78, 5) is 12.9. The molecule has 0 amide bonds. The Morgan fingerprint density at radius 1 is 1.03 bits per heavy atom. The quantitative estimate of drug-likeness (QED) is 0.514. The highest BCUT2D eigenvalue weighted by molar-refractivity contribution is 7.89. The Balaban J connectivity index is 1.33. The molecule has 0 saturated carbocycles. The summed E-state index contributed by atoms with van der Waals surface area (Å²) in [7, 11) is -3.49. The topological polar surface area (TPSA) is 88.2 Å². The van der Waals surface area contributed by atoms with Gasteiger partial charge in [-0.15, -0.1) is 11.3 Å². The van der Waals surface area contributed by atoms with Crippen molar-refractivity contribution in [2.24, 2.45) is 0 Å². The van der Waals surface area contributed by atoms with E-state index in [1.54, 1.807) is 23.5 Å². The first kappa shape index (κ1) is 19.4. The second-order valence-electron chi connectivity index (χ2n) is 7.04. The first-order valence-electron chi connectivity index (χ1n) is 9.66. The lowest BCUT2D eigenvalue weighted by molar-refractivity contribution is 0.0730. The Hall–Kier alpha value is -2.59. The van der Waals surface area contributed by atoms with Crippen molar-refractivity contribution in [3.05, 3.63) is 64.7 Å². The Bertz CT molecular complexity index is 1240. The van der Waals surface area contributed by atoms with Crippen LogP contribution in [0.1, 0.15) is 10.8 Å². The van der Waals surface area contributed by atoms with Gasteiger partial charge in [0.15, 0.2) is 0 Å². The van der Waals surface area contributed by atoms with Crippen molar-refractivity contribution in [2.75, 3.05) is 26.3 Å². The molecule has 1 fully saturated rings. The number of nitrogens with one attached hydrogen (secondary N) is 1. The van der Waals surface area contributed by atoms with Gasteiger partial charge < -0.3 is 9.72 Å². The van der Waals surface area contributed by atoms with Crippen LogP contribution in [-0.2, 0) is 21.2 Å². The lowest BCUT2D eigenvalue weighted by atomic mass is 10.2. The van der Waals surface area contributed by atoms with Crippen LogP contribution in [0.5, 0.6) is 0 Å². The number of hydrogen-bond acceptors (Lipinski definition) is 6. The van der Waals surface area contributed by atoms with Crippen LogP contribution in [0.4, 0.5) is 0 Å². The summed E-state index contributed by atoms with van der Waals surface area (Å²) >= 11 is 1.57. The van der Waals surface area contributed by atoms with E-state index in [2.05, 4.69) is 9.97 Å². The molecule has 0 radical (unpaired) electrons. The number of imidazole rings is 1. The van der Waals surface area contributed by atoms with Gasteiger partial charge in [0.1, 0.15) is 10.8 Å². The maximum atomic E-state index is 12.8. The lowest BCUT2D eigenvalue weighted by Gasteiger charge is -2.26. The Labute approximate surface area is 178 Å². The number of aromatic amines is 1. The molecule has 5 rings (SSSR count). The number of sulfonamides is 1. The van der Waals surface area contributed by atoms with Gasteiger partial charge in [-0.05, 0) is 24.3 Å². The molecule has 7 nitrogen and oxygen atoms in total. The molecule has 154 valence electrons. The molecular weight excluding hydrogens is 420 g/mol. The zero-order valence-electron chi connectivity index (χ0n) is 16.1. The van der Waals surface area contributed by atoms with Crippen molar-refractivity contribution in [1.82, 2.24) is 19.3 Å². The van der Waals surface area contributed by atoms with Crippen LogP contribution >= 0.6 is 11.3 Å². The third-order valence-electron chi connectivity index (χ3n) is 5.07. The summed E-state index contributed by atoms with van der Waals surface area (Å²) < 4.78 is 32.2. The van der Waals surface area contributed by atoms with E-state index in [4.69, 9.17) is 9.72 Å². The molecule has 1 aliphatic rings. The number of para-hydroxylation sites is 2. The second kappa shape index (κ2) is 7.92. The zero-order chi connectivity index (χ0) is 20.6. The van der Waals surface area contributed by atoms with Crippen molar-refractivity contribution in [3.8, 4) is 11.3 Å². The molecule has 4 aromatic rings. The van der Waals surface area contributed by atoms with Crippen LogP contribution < -0.4 is 0 Å². The minimum atomic E-state index is -3.49. The summed E-state index contributed by atoms with van der Waals surface area (Å²) in [5, 5.41) is 2.94. The molecule has 2 aromatic carbocycles. The number of hydrogen-bond donors (Lipinski definition) is 1. The average Bonchev–Trinajstić information content (AvgIpc) is 3.41. The molecule has 1 aliphatic heterocycles. The van der Waals surface area contributed by atoms with E-state index in [0.717, 1.165) is 33.1 Å². The Morgan fingerprint density at radius 3 is 2.57 bits per heavy atom. The molecule has 9 heteroatoms. The highest BCUT2D eigenvalue weighted by Crippen LogP contribution is 2.26. The van der Waals surface area contributed by atoms with E-state index in [9.17, 15) is 8.42 Å². The number of nitrogens with zero attached hydrogens (tertiary/aromatic N) is 3. The molecule has 1 saturated heterocycles. The number of aromatic nitrogens is 3. The Morgan fingerprint density at radius 2 is 1.80 bits per heavy atom. The number of fused-ring (bicyclic) bond motifs is 1. The van der Waals surface area contributed by atoms with Gasteiger partial charge in [-0.3, -0.25) is 0 Å². The van der Waals surface area contributed by atoms with Crippen LogP contribution in [0.3, 0.4) is 0 Å². The smallest absolute Gasteiger partial charge is 0.243 e. The minimum Gasteiger partial charge on any atom is -0.379 e. The van der Waals surface area contributed by atoms with Gasteiger partial charge in [-0.2, -0.15) is 4.31 Å². The standard InChI is InChI=1S/C21H20N4O3S2/c26-30(27,25-9-11-28-12-10-25)16-7-5-15(6-8-16)19-14-29-21(24-19)13-20-22-17-3-1-2-4-18(17)23-20/h1-8,14H,9-13H2,(H,22,23). The fourth-order valence-electron chi connectivity index (χ4n) is 3.49. The second-order valence-corrected chi connectivity index (χ2v) is 9.93. The molecule has 0 unspecified atom stereocenters. The van der Waals surface area contributed by atoms with Gasteiger partial charge in [0.25, 0.3) is 0 Å². The fourth-order valence-corrected chi connectivity index (χ4v) is 5.71. The van der Waals surface area contributed by atoms with Gasteiger partial charge in [0.2, 0.25) is 10.0 Å². The summed E-state index contributed by atoms with van der Waals surface area (Å²) in [6.07, 6.45) is 0.628. The largest absolute Gasteiger partial charge is 0.379 e. The monoisotopic (exact) mass is 440 g/mol. The molecule has 1 N–H and O–H groups in total. The van der Waals surface area contributed by atoms with E-state index in [-0.39, 0.29) is 0 Å².